The largest absolute Gasteiger partial charge is 0.256 e. The van der Waals surface area contributed by atoms with Gasteiger partial charge in [-0.1, -0.05) is 36.4 Å². The van der Waals surface area contributed by atoms with E-state index in [4.69, 9.17) is 0 Å². The molecule has 0 aliphatic rings. The molecule has 2 heterocycles. The van der Waals surface area contributed by atoms with Crippen molar-refractivity contribution in [3.05, 3.63) is 67.0 Å². The maximum absolute atomic E-state index is 12.4. The lowest BCUT2D eigenvalue weighted by molar-refractivity contribution is 0.602. The molecule has 0 amide bonds. The Morgan fingerprint density at radius 3 is 2.18 bits per heavy atom. The fourth-order valence-electron chi connectivity index (χ4n) is 2.35. The lowest BCUT2D eigenvalue weighted by atomic mass is 10.1. The molecule has 110 valence electrons. The summed E-state index contributed by atoms with van der Waals surface area (Å²) >= 11 is 0. The van der Waals surface area contributed by atoms with Crippen LogP contribution in [0.1, 0.15) is 0 Å². The highest BCUT2D eigenvalue weighted by atomic mass is 32.2. The van der Waals surface area contributed by atoms with Crippen LogP contribution in [0.2, 0.25) is 0 Å². The van der Waals surface area contributed by atoms with E-state index in [1.807, 2.05) is 36.4 Å². The first-order chi connectivity index (χ1) is 10.6. The summed E-state index contributed by atoms with van der Waals surface area (Å²) in [6.45, 7) is 0. The van der Waals surface area contributed by atoms with Crippen LogP contribution in [-0.2, 0) is 9.84 Å². The van der Waals surface area contributed by atoms with Gasteiger partial charge in [0.25, 0.3) is 0 Å². The molecule has 0 bridgehead atoms. The first kappa shape index (κ1) is 14.4. The second kappa shape index (κ2) is 5.69. The van der Waals surface area contributed by atoms with E-state index >= 15 is 0 Å². The van der Waals surface area contributed by atoms with Crippen molar-refractivity contribution in [3.63, 3.8) is 0 Å². The van der Waals surface area contributed by atoms with Crippen molar-refractivity contribution in [2.75, 3.05) is 6.26 Å². The van der Waals surface area contributed by atoms with Crippen molar-refractivity contribution >= 4 is 9.84 Å². The van der Waals surface area contributed by atoms with Crippen molar-refractivity contribution < 1.29 is 8.42 Å². The zero-order valence-corrected chi connectivity index (χ0v) is 12.8. The van der Waals surface area contributed by atoms with Crippen LogP contribution in [0.5, 0.6) is 0 Å². The molecule has 2 aromatic heterocycles. The second-order valence-corrected chi connectivity index (χ2v) is 6.84. The van der Waals surface area contributed by atoms with Crippen LogP contribution >= 0.6 is 0 Å². The van der Waals surface area contributed by atoms with Crippen LogP contribution in [0.4, 0.5) is 0 Å². The molecule has 0 unspecified atom stereocenters. The molecule has 5 heteroatoms. The Bertz CT molecular complexity index is 835. The molecule has 0 saturated carbocycles. The number of sulfone groups is 1. The molecule has 0 fully saturated rings. The third-order valence-electron chi connectivity index (χ3n) is 3.26. The van der Waals surface area contributed by atoms with Gasteiger partial charge in [0.1, 0.15) is 4.90 Å². The van der Waals surface area contributed by atoms with Gasteiger partial charge in [-0.15, -0.1) is 0 Å². The minimum absolute atomic E-state index is 0.208. The van der Waals surface area contributed by atoms with Gasteiger partial charge in [-0.3, -0.25) is 9.97 Å². The normalized spacial score (nSPS) is 11.3. The highest BCUT2D eigenvalue weighted by molar-refractivity contribution is 7.91. The van der Waals surface area contributed by atoms with E-state index in [2.05, 4.69) is 9.97 Å². The summed E-state index contributed by atoms with van der Waals surface area (Å²) in [6.07, 6.45) is 4.45. The molecular formula is C17H14N2O2S. The summed E-state index contributed by atoms with van der Waals surface area (Å²) in [4.78, 5) is 8.77. The molecule has 0 aliphatic heterocycles. The molecular weight excluding hydrogens is 296 g/mol. The second-order valence-electron chi connectivity index (χ2n) is 4.89. The number of aromatic nitrogens is 2. The van der Waals surface area contributed by atoms with Crippen LogP contribution < -0.4 is 0 Å². The van der Waals surface area contributed by atoms with Crippen LogP contribution in [-0.4, -0.2) is 24.6 Å². The highest BCUT2D eigenvalue weighted by Crippen LogP contribution is 2.33. The zero-order chi connectivity index (χ0) is 15.6. The van der Waals surface area contributed by atoms with E-state index in [-0.39, 0.29) is 4.90 Å². The summed E-state index contributed by atoms with van der Waals surface area (Å²) in [5.74, 6) is 0. The zero-order valence-electron chi connectivity index (χ0n) is 12.0. The average Bonchev–Trinajstić information content (AvgIpc) is 2.55. The Hall–Kier alpha value is -2.53. The SMILES string of the molecule is CS(=O)(=O)c1c(-c2ccccn2)ccnc1-c1ccccc1. The van der Waals surface area contributed by atoms with E-state index in [9.17, 15) is 8.42 Å². The van der Waals surface area contributed by atoms with Crippen LogP contribution in [0.3, 0.4) is 0 Å². The smallest absolute Gasteiger partial charge is 0.178 e. The van der Waals surface area contributed by atoms with Crippen LogP contribution in [0, 0.1) is 0 Å². The Labute approximate surface area is 129 Å². The lowest BCUT2D eigenvalue weighted by Gasteiger charge is -2.12. The van der Waals surface area contributed by atoms with Crippen molar-refractivity contribution in [2.24, 2.45) is 0 Å². The maximum atomic E-state index is 12.4. The molecule has 0 saturated heterocycles. The Balaban J connectivity index is 2.34. The molecule has 0 N–H and O–H groups in total. The van der Waals surface area contributed by atoms with Gasteiger partial charge in [-0.25, -0.2) is 8.42 Å². The molecule has 0 aliphatic carbocycles. The summed E-state index contributed by atoms with van der Waals surface area (Å²) in [7, 11) is -3.46. The first-order valence-corrected chi connectivity index (χ1v) is 8.62. The predicted octanol–water partition coefficient (Wildman–Crippen LogP) is 3.21. The van der Waals surface area contributed by atoms with E-state index < -0.39 is 9.84 Å². The third kappa shape index (κ3) is 2.76. The molecule has 22 heavy (non-hydrogen) atoms. The Morgan fingerprint density at radius 1 is 0.818 bits per heavy atom. The predicted molar refractivity (Wildman–Crippen MR) is 86.0 cm³/mol. The molecule has 0 radical (unpaired) electrons. The van der Waals surface area contributed by atoms with E-state index in [0.717, 1.165) is 5.56 Å². The summed E-state index contributed by atoms with van der Waals surface area (Å²) < 4.78 is 24.7. The molecule has 3 aromatic rings. The number of hydrogen-bond donors (Lipinski definition) is 0. The Morgan fingerprint density at radius 2 is 1.55 bits per heavy atom. The highest BCUT2D eigenvalue weighted by Gasteiger charge is 2.22. The lowest BCUT2D eigenvalue weighted by Crippen LogP contribution is -2.05. The maximum Gasteiger partial charge on any atom is 0.178 e. The molecule has 1 aromatic carbocycles. The van der Waals surface area contributed by atoms with Gasteiger partial charge in [0, 0.05) is 29.8 Å². The summed E-state index contributed by atoms with van der Waals surface area (Å²) in [6, 6.07) is 16.4. The fourth-order valence-corrected chi connectivity index (χ4v) is 3.44. The van der Waals surface area contributed by atoms with Crippen molar-refractivity contribution in [3.8, 4) is 22.5 Å². The van der Waals surface area contributed by atoms with Gasteiger partial charge in [0.05, 0.1) is 11.4 Å². The van der Waals surface area contributed by atoms with Crippen molar-refractivity contribution in [2.45, 2.75) is 4.90 Å². The topological polar surface area (TPSA) is 59.9 Å². The van der Waals surface area contributed by atoms with Gasteiger partial charge in [-0.2, -0.15) is 0 Å². The number of hydrogen-bond acceptors (Lipinski definition) is 4. The first-order valence-electron chi connectivity index (χ1n) is 6.73. The molecule has 3 rings (SSSR count). The fraction of sp³-hybridized carbons (Fsp3) is 0.0588. The van der Waals surface area contributed by atoms with Gasteiger partial charge in [0.15, 0.2) is 9.84 Å². The average molecular weight is 310 g/mol. The monoisotopic (exact) mass is 310 g/mol. The number of nitrogens with zero attached hydrogens (tertiary/aromatic N) is 2. The summed E-state index contributed by atoms with van der Waals surface area (Å²) in [5.41, 5.74) is 2.39. The van der Waals surface area contributed by atoms with Crippen LogP contribution in [0.15, 0.2) is 71.9 Å². The number of pyridine rings is 2. The van der Waals surface area contributed by atoms with E-state index in [1.165, 1.54) is 6.26 Å². The van der Waals surface area contributed by atoms with Crippen molar-refractivity contribution in [1.29, 1.82) is 0 Å². The van der Waals surface area contributed by atoms with Crippen LogP contribution in [0.25, 0.3) is 22.5 Å². The summed E-state index contributed by atoms with van der Waals surface area (Å²) in [5, 5.41) is 0. The quantitative estimate of drug-likeness (QED) is 0.745. The molecule has 4 nitrogen and oxygen atoms in total. The minimum atomic E-state index is -3.46. The molecule has 0 atom stereocenters. The van der Waals surface area contributed by atoms with Crippen molar-refractivity contribution in [1.82, 2.24) is 9.97 Å². The van der Waals surface area contributed by atoms with Gasteiger partial charge in [0.2, 0.25) is 0 Å². The number of benzene rings is 1. The standard InChI is InChI=1S/C17H14N2O2S/c1-22(20,21)17-14(15-9-5-6-11-18-15)10-12-19-16(17)13-7-3-2-4-8-13/h2-12H,1H3. The van der Waals surface area contributed by atoms with E-state index in [0.29, 0.717) is 17.0 Å². The van der Waals surface area contributed by atoms with Gasteiger partial charge >= 0.3 is 0 Å². The molecule has 0 spiro atoms. The van der Waals surface area contributed by atoms with Gasteiger partial charge < -0.3 is 0 Å². The number of rotatable bonds is 3. The van der Waals surface area contributed by atoms with E-state index in [1.54, 1.807) is 30.6 Å². The Kier molecular flexibility index (Phi) is 3.73. The van der Waals surface area contributed by atoms with Gasteiger partial charge in [-0.05, 0) is 18.2 Å². The third-order valence-corrected chi connectivity index (χ3v) is 4.42. The minimum Gasteiger partial charge on any atom is -0.256 e.